The molecule has 0 aliphatic carbocycles. The standard InChI is InChI=1S/C35H72O2S/c1-3-5-7-9-11-13-15-17-19-21-23-25-27-29-31-36-33-35(34-38)37-32-30-28-26-24-22-20-18-16-14-12-10-8-6-4-2/h35,38H,3-34H2,1-2H3. The Kier molecular flexibility index (Phi) is 35.5. The molecule has 0 rings (SSSR count). The lowest BCUT2D eigenvalue weighted by Crippen LogP contribution is -2.22. The number of ether oxygens (including phenoxy) is 2. The van der Waals surface area contributed by atoms with Crippen LogP contribution in [0.5, 0.6) is 0 Å². The highest BCUT2D eigenvalue weighted by atomic mass is 32.1. The van der Waals surface area contributed by atoms with Crippen molar-refractivity contribution >= 4 is 12.6 Å². The van der Waals surface area contributed by atoms with Gasteiger partial charge in [0.05, 0.1) is 12.7 Å². The van der Waals surface area contributed by atoms with Crippen LogP contribution in [0.2, 0.25) is 0 Å². The number of unbranched alkanes of at least 4 members (excludes halogenated alkanes) is 26. The summed E-state index contributed by atoms with van der Waals surface area (Å²) in [5.74, 6) is 0.761. The highest BCUT2D eigenvalue weighted by molar-refractivity contribution is 7.80. The Morgan fingerprint density at radius 2 is 0.684 bits per heavy atom. The molecule has 0 saturated carbocycles. The Hall–Kier alpha value is 0.270. The van der Waals surface area contributed by atoms with Crippen molar-refractivity contribution in [3.8, 4) is 0 Å². The lowest BCUT2D eigenvalue weighted by Gasteiger charge is -2.16. The van der Waals surface area contributed by atoms with Gasteiger partial charge in [0.25, 0.3) is 0 Å². The molecule has 1 unspecified atom stereocenters. The van der Waals surface area contributed by atoms with Crippen molar-refractivity contribution in [2.24, 2.45) is 0 Å². The maximum atomic E-state index is 6.02. The molecule has 0 amide bonds. The van der Waals surface area contributed by atoms with Gasteiger partial charge in [-0.25, -0.2) is 0 Å². The third-order valence-electron chi connectivity index (χ3n) is 8.00. The molecule has 230 valence electrons. The Balaban J connectivity index is 3.25. The van der Waals surface area contributed by atoms with Crippen LogP contribution in [0.25, 0.3) is 0 Å². The molecular formula is C35H72O2S. The fraction of sp³-hybridized carbons (Fsp3) is 1.00. The zero-order chi connectivity index (χ0) is 27.6. The van der Waals surface area contributed by atoms with Crippen molar-refractivity contribution in [1.82, 2.24) is 0 Å². The van der Waals surface area contributed by atoms with E-state index in [-0.39, 0.29) is 6.10 Å². The van der Waals surface area contributed by atoms with Crippen LogP contribution in [0.15, 0.2) is 0 Å². The van der Waals surface area contributed by atoms with E-state index in [1.165, 1.54) is 180 Å². The molecule has 1 atom stereocenters. The smallest absolute Gasteiger partial charge is 0.0896 e. The van der Waals surface area contributed by atoms with Crippen molar-refractivity contribution in [3.63, 3.8) is 0 Å². The number of hydrogen-bond donors (Lipinski definition) is 1. The van der Waals surface area contributed by atoms with E-state index in [1.54, 1.807) is 0 Å². The van der Waals surface area contributed by atoms with E-state index >= 15 is 0 Å². The van der Waals surface area contributed by atoms with E-state index in [0.717, 1.165) is 19.0 Å². The predicted molar refractivity (Wildman–Crippen MR) is 175 cm³/mol. The molecule has 0 aromatic carbocycles. The van der Waals surface area contributed by atoms with Gasteiger partial charge in [-0.15, -0.1) is 0 Å². The first kappa shape index (κ1) is 38.3. The summed E-state index contributed by atoms with van der Waals surface area (Å²) < 4.78 is 11.9. The van der Waals surface area contributed by atoms with Crippen LogP contribution in [0.3, 0.4) is 0 Å². The summed E-state index contributed by atoms with van der Waals surface area (Å²) in [4.78, 5) is 0. The minimum Gasteiger partial charge on any atom is -0.379 e. The third-order valence-corrected chi connectivity index (χ3v) is 8.41. The van der Waals surface area contributed by atoms with Crippen molar-refractivity contribution in [3.05, 3.63) is 0 Å². The van der Waals surface area contributed by atoms with Crippen LogP contribution in [0.4, 0.5) is 0 Å². The average molecular weight is 557 g/mol. The number of rotatable bonds is 34. The van der Waals surface area contributed by atoms with E-state index in [9.17, 15) is 0 Å². The molecule has 0 aliphatic rings. The van der Waals surface area contributed by atoms with Gasteiger partial charge in [-0.1, -0.05) is 181 Å². The molecule has 2 nitrogen and oxygen atoms in total. The first-order chi connectivity index (χ1) is 18.8. The molecule has 0 spiro atoms. The summed E-state index contributed by atoms with van der Waals surface area (Å²) in [7, 11) is 0. The molecule has 0 fully saturated rings. The lowest BCUT2D eigenvalue weighted by atomic mass is 10.0. The second-order valence-corrected chi connectivity index (χ2v) is 12.3. The van der Waals surface area contributed by atoms with Crippen LogP contribution < -0.4 is 0 Å². The molecule has 0 aromatic heterocycles. The van der Waals surface area contributed by atoms with Crippen molar-refractivity contribution in [1.29, 1.82) is 0 Å². The maximum Gasteiger partial charge on any atom is 0.0896 e. The van der Waals surface area contributed by atoms with E-state index in [0.29, 0.717) is 6.61 Å². The zero-order valence-corrected chi connectivity index (χ0v) is 27.4. The predicted octanol–water partition coefficient (Wildman–Crippen LogP) is 12.3. The van der Waals surface area contributed by atoms with Gasteiger partial charge in [-0.2, -0.15) is 12.6 Å². The summed E-state index contributed by atoms with van der Waals surface area (Å²) in [6.45, 7) is 7.05. The number of hydrogen-bond acceptors (Lipinski definition) is 3. The Labute approximate surface area is 247 Å². The summed E-state index contributed by atoms with van der Waals surface area (Å²) in [6, 6.07) is 0. The van der Waals surface area contributed by atoms with E-state index < -0.39 is 0 Å². The molecule has 0 heterocycles. The lowest BCUT2D eigenvalue weighted by molar-refractivity contribution is -0.00604. The van der Waals surface area contributed by atoms with E-state index in [4.69, 9.17) is 9.47 Å². The first-order valence-corrected chi connectivity index (χ1v) is 18.3. The van der Waals surface area contributed by atoms with E-state index in [1.807, 2.05) is 0 Å². The summed E-state index contributed by atoms with van der Waals surface area (Å²) in [5, 5.41) is 0. The molecule has 0 saturated heterocycles. The van der Waals surface area contributed by atoms with Crippen molar-refractivity contribution in [2.75, 3.05) is 25.6 Å². The second-order valence-electron chi connectivity index (χ2n) is 11.9. The first-order valence-electron chi connectivity index (χ1n) is 17.6. The molecule has 0 aromatic rings. The SMILES string of the molecule is CCCCCCCCCCCCCCCCOCC(CS)OCCCCCCCCCCCCCCCC. The van der Waals surface area contributed by atoms with Crippen LogP contribution in [0, 0.1) is 0 Å². The quantitative estimate of drug-likeness (QED) is 0.0627. The fourth-order valence-corrected chi connectivity index (χ4v) is 5.52. The van der Waals surface area contributed by atoms with Gasteiger partial charge in [0.2, 0.25) is 0 Å². The van der Waals surface area contributed by atoms with Gasteiger partial charge in [-0.05, 0) is 12.8 Å². The zero-order valence-electron chi connectivity index (χ0n) is 26.5. The van der Waals surface area contributed by atoms with Gasteiger partial charge < -0.3 is 9.47 Å². The third kappa shape index (κ3) is 32.5. The molecule has 0 bridgehead atoms. The molecule has 0 aliphatic heterocycles. The van der Waals surface area contributed by atoms with Crippen molar-refractivity contribution < 1.29 is 9.47 Å². The summed E-state index contributed by atoms with van der Waals surface area (Å²) in [5.41, 5.74) is 0. The monoisotopic (exact) mass is 557 g/mol. The average Bonchev–Trinajstić information content (AvgIpc) is 2.93. The minimum absolute atomic E-state index is 0.159. The number of thiol groups is 1. The Bertz CT molecular complexity index is 403. The topological polar surface area (TPSA) is 18.5 Å². The maximum absolute atomic E-state index is 6.02. The van der Waals surface area contributed by atoms with Crippen LogP contribution in [-0.2, 0) is 9.47 Å². The van der Waals surface area contributed by atoms with E-state index in [2.05, 4.69) is 26.5 Å². The summed E-state index contributed by atoms with van der Waals surface area (Å²) in [6.07, 6.45) is 39.4. The second kappa shape index (κ2) is 35.3. The van der Waals surface area contributed by atoms with Crippen LogP contribution in [0.1, 0.15) is 194 Å². The Morgan fingerprint density at radius 3 is 1.00 bits per heavy atom. The fourth-order valence-electron chi connectivity index (χ4n) is 5.31. The summed E-state index contributed by atoms with van der Waals surface area (Å²) >= 11 is 4.47. The minimum atomic E-state index is 0.159. The largest absolute Gasteiger partial charge is 0.379 e. The molecular weight excluding hydrogens is 484 g/mol. The van der Waals surface area contributed by atoms with Gasteiger partial charge in [0.15, 0.2) is 0 Å². The molecule has 0 N–H and O–H groups in total. The van der Waals surface area contributed by atoms with Gasteiger partial charge >= 0.3 is 0 Å². The molecule has 38 heavy (non-hydrogen) atoms. The van der Waals surface area contributed by atoms with Gasteiger partial charge in [0, 0.05) is 19.0 Å². The van der Waals surface area contributed by atoms with Gasteiger partial charge in [0.1, 0.15) is 0 Å². The highest BCUT2D eigenvalue weighted by Crippen LogP contribution is 2.14. The van der Waals surface area contributed by atoms with Crippen molar-refractivity contribution in [2.45, 2.75) is 200 Å². The Morgan fingerprint density at radius 1 is 0.395 bits per heavy atom. The van der Waals surface area contributed by atoms with Crippen LogP contribution in [-0.4, -0.2) is 31.7 Å². The van der Waals surface area contributed by atoms with Gasteiger partial charge in [-0.3, -0.25) is 0 Å². The highest BCUT2D eigenvalue weighted by Gasteiger charge is 2.07. The van der Waals surface area contributed by atoms with Crippen LogP contribution >= 0.6 is 12.6 Å². The molecule has 0 radical (unpaired) electrons. The molecule has 3 heteroatoms. The normalized spacial score (nSPS) is 12.4.